The van der Waals surface area contributed by atoms with Gasteiger partial charge >= 0.3 is 0 Å². The largest absolute Gasteiger partial charge is 0.493 e. The number of H-pyrrole nitrogens is 2. The lowest BCUT2D eigenvalue weighted by atomic mass is 9.69. The van der Waals surface area contributed by atoms with Crippen LogP contribution in [0.25, 0.3) is 0 Å². The molecule has 0 saturated heterocycles. The molecule has 2 aliphatic rings. The first kappa shape index (κ1) is 23.1. The van der Waals surface area contributed by atoms with Crippen molar-refractivity contribution in [1.82, 2.24) is 9.97 Å². The Labute approximate surface area is 208 Å². The van der Waals surface area contributed by atoms with Crippen LogP contribution in [-0.4, -0.2) is 22.9 Å². The molecule has 7 nitrogen and oxygen atoms in total. The van der Waals surface area contributed by atoms with Gasteiger partial charge in [-0.15, -0.1) is 0 Å². The van der Waals surface area contributed by atoms with E-state index in [1.165, 1.54) is 0 Å². The molecule has 35 heavy (non-hydrogen) atoms. The van der Waals surface area contributed by atoms with Crippen LogP contribution in [0.2, 0.25) is 0 Å². The number of ketones is 1. The van der Waals surface area contributed by atoms with Gasteiger partial charge in [0.25, 0.3) is 5.56 Å². The summed E-state index contributed by atoms with van der Waals surface area (Å²) in [5.41, 5.74) is 3.18. The highest BCUT2D eigenvalue weighted by molar-refractivity contribution is 7.71. The summed E-state index contributed by atoms with van der Waals surface area (Å²) >= 11 is 5.21. The van der Waals surface area contributed by atoms with Gasteiger partial charge in [-0.1, -0.05) is 50.2 Å². The fourth-order valence-corrected chi connectivity index (χ4v) is 5.19. The summed E-state index contributed by atoms with van der Waals surface area (Å²) in [4.78, 5) is 32.2. The van der Waals surface area contributed by atoms with E-state index in [1.54, 1.807) is 7.11 Å². The Balaban J connectivity index is 1.60. The predicted molar refractivity (Wildman–Crippen MR) is 137 cm³/mol. The third-order valence-corrected chi connectivity index (χ3v) is 6.72. The highest BCUT2D eigenvalue weighted by atomic mass is 32.1. The molecule has 1 aromatic heterocycles. The summed E-state index contributed by atoms with van der Waals surface area (Å²) in [5.74, 6) is 1.11. The van der Waals surface area contributed by atoms with Crippen LogP contribution in [0.3, 0.4) is 0 Å². The van der Waals surface area contributed by atoms with Crippen LogP contribution in [0.15, 0.2) is 64.6 Å². The number of allylic oxidation sites excluding steroid dienone is 2. The number of benzene rings is 2. The van der Waals surface area contributed by atoms with Crippen molar-refractivity contribution in [3.63, 3.8) is 0 Å². The number of fused-ring (bicyclic) bond motifs is 1. The number of hydrogen-bond donors (Lipinski definition) is 3. The smallest absolute Gasteiger partial charge is 0.257 e. The van der Waals surface area contributed by atoms with Gasteiger partial charge in [0.2, 0.25) is 0 Å². The highest BCUT2D eigenvalue weighted by Gasteiger charge is 2.42. The molecule has 3 aromatic rings. The second-order valence-corrected chi connectivity index (χ2v) is 10.2. The summed E-state index contributed by atoms with van der Waals surface area (Å²) < 4.78 is 11.9. The van der Waals surface area contributed by atoms with Gasteiger partial charge in [-0.25, -0.2) is 0 Å². The number of carbonyl (C=O) groups is 1. The molecule has 3 N–H and O–H groups in total. The van der Waals surface area contributed by atoms with Crippen LogP contribution in [0.1, 0.15) is 49.3 Å². The van der Waals surface area contributed by atoms with Crippen LogP contribution >= 0.6 is 12.2 Å². The predicted octanol–water partition coefficient (Wildman–Crippen LogP) is 5.22. The van der Waals surface area contributed by atoms with Crippen molar-refractivity contribution in [2.24, 2.45) is 5.41 Å². The van der Waals surface area contributed by atoms with Crippen LogP contribution in [0.4, 0.5) is 5.82 Å². The number of rotatable bonds is 5. The molecule has 5 rings (SSSR count). The van der Waals surface area contributed by atoms with Gasteiger partial charge < -0.3 is 19.8 Å². The van der Waals surface area contributed by atoms with E-state index in [2.05, 4.69) is 29.1 Å². The lowest BCUT2D eigenvalue weighted by molar-refractivity contribution is -0.118. The van der Waals surface area contributed by atoms with E-state index in [4.69, 9.17) is 21.7 Å². The number of aromatic amines is 2. The Morgan fingerprint density at radius 2 is 1.80 bits per heavy atom. The fraction of sp³-hybridized carbons (Fsp3) is 0.296. The summed E-state index contributed by atoms with van der Waals surface area (Å²) in [6.45, 7) is 4.54. The van der Waals surface area contributed by atoms with E-state index in [-0.39, 0.29) is 21.5 Å². The fourth-order valence-electron chi connectivity index (χ4n) is 5.00. The van der Waals surface area contributed by atoms with Crippen LogP contribution in [0.5, 0.6) is 11.5 Å². The molecule has 1 atom stereocenters. The minimum Gasteiger partial charge on any atom is -0.493 e. The highest BCUT2D eigenvalue weighted by Crippen LogP contribution is 2.48. The van der Waals surface area contributed by atoms with Crippen LogP contribution < -0.4 is 20.3 Å². The summed E-state index contributed by atoms with van der Waals surface area (Å²) in [6, 6.07) is 15.4. The lowest BCUT2D eigenvalue weighted by Gasteiger charge is -2.38. The third kappa shape index (κ3) is 4.41. The number of anilines is 1. The second kappa shape index (κ2) is 8.85. The average molecular weight is 490 g/mol. The third-order valence-electron chi connectivity index (χ3n) is 6.51. The summed E-state index contributed by atoms with van der Waals surface area (Å²) in [5, 5.41) is 3.31. The number of ether oxygens (including phenoxy) is 2. The monoisotopic (exact) mass is 489 g/mol. The molecular formula is C27H27N3O4S. The maximum Gasteiger partial charge on any atom is 0.257 e. The van der Waals surface area contributed by atoms with E-state index < -0.39 is 5.92 Å². The zero-order valence-electron chi connectivity index (χ0n) is 19.9. The standard InChI is InChI=1S/C27H27N3O4S/c1-27(2)12-17-22(18(31)13-27)21(23-24(28-17)29-26(35)30-25(23)32)16-9-10-19(20(11-16)33-3)34-14-15-7-5-4-6-8-15/h4-11,21H,12-14H2,1-3H3,(H3,28,29,30,32,35)/t21-/m1/s1. The Bertz CT molecular complexity index is 1450. The normalized spacial score (nSPS) is 18.4. The van der Waals surface area contributed by atoms with Crippen molar-refractivity contribution in [1.29, 1.82) is 0 Å². The molecule has 0 spiro atoms. The molecule has 8 heteroatoms. The SMILES string of the molecule is COc1cc([C@@H]2C3=C(CC(C)(C)CC3=O)Nc3[nH]c(=S)[nH]c(=O)c32)ccc1OCc1ccccc1. The van der Waals surface area contributed by atoms with Crippen molar-refractivity contribution >= 4 is 23.8 Å². The topological polar surface area (TPSA) is 96.2 Å². The van der Waals surface area contributed by atoms with Gasteiger partial charge in [-0.05, 0) is 47.3 Å². The first-order chi connectivity index (χ1) is 16.8. The van der Waals surface area contributed by atoms with Crippen LogP contribution in [-0.2, 0) is 11.4 Å². The number of methoxy groups -OCH3 is 1. The molecule has 1 aliphatic heterocycles. The molecular weight excluding hydrogens is 462 g/mol. The number of hydrogen-bond acceptors (Lipinski definition) is 6. The maximum atomic E-state index is 13.4. The van der Waals surface area contributed by atoms with Crippen molar-refractivity contribution < 1.29 is 14.3 Å². The average Bonchev–Trinajstić information content (AvgIpc) is 2.81. The van der Waals surface area contributed by atoms with Gasteiger partial charge in [0.15, 0.2) is 22.1 Å². The molecule has 0 fully saturated rings. The van der Waals surface area contributed by atoms with Gasteiger partial charge in [0, 0.05) is 23.6 Å². The number of Topliss-reactive ketones (excluding diaryl/α,β-unsaturated/α-hetero) is 1. The van der Waals surface area contributed by atoms with E-state index in [0.717, 1.165) is 16.8 Å². The van der Waals surface area contributed by atoms with Crippen molar-refractivity contribution in [2.75, 3.05) is 12.4 Å². The van der Waals surface area contributed by atoms with Crippen LogP contribution in [0, 0.1) is 10.2 Å². The molecule has 0 unspecified atom stereocenters. The minimum absolute atomic E-state index is 0.0321. The van der Waals surface area contributed by atoms with E-state index in [1.807, 2.05) is 48.5 Å². The molecule has 0 saturated carbocycles. The lowest BCUT2D eigenvalue weighted by Crippen LogP contribution is -2.36. The van der Waals surface area contributed by atoms with Gasteiger partial charge in [-0.2, -0.15) is 0 Å². The number of carbonyl (C=O) groups excluding carboxylic acids is 1. The Hall–Kier alpha value is -3.65. The molecule has 0 bridgehead atoms. The van der Waals surface area contributed by atoms with E-state index >= 15 is 0 Å². The number of aromatic nitrogens is 2. The molecule has 180 valence electrons. The van der Waals surface area contributed by atoms with Gasteiger partial charge in [-0.3, -0.25) is 14.6 Å². The zero-order chi connectivity index (χ0) is 24.7. The maximum absolute atomic E-state index is 13.4. The molecule has 2 aromatic carbocycles. The van der Waals surface area contributed by atoms with E-state index in [0.29, 0.717) is 47.9 Å². The number of nitrogens with one attached hydrogen (secondary N) is 3. The van der Waals surface area contributed by atoms with Crippen molar-refractivity contribution in [3.05, 3.63) is 91.6 Å². The Kier molecular flexibility index (Phi) is 5.84. The summed E-state index contributed by atoms with van der Waals surface area (Å²) in [7, 11) is 1.58. The molecule has 2 heterocycles. The van der Waals surface area contributed by atoms with Gasteiger partial charge in [0.05, 0.1) is 12.7 Å². The molecule has 0 amide bonds. The summed E-state index contributed by atoms with van der Waals surface area (Å²) in [6.07, 6.45) is 1.10. The van der Waals surface area contributed by atoms with E-state index in [9.17, 15) is 9.59 Å². The molecule has 0 radical (unpaired) electrons. The van der Waals surface area contributed by atoms with Crippen molar-refractivity contribution in [2.45, 2.75) is 39.2 Å². The second-order valence-electron chi connectivity index (χ2n) is 9.77. The minimum atomic E-state index is -0.558. The first-order valence-electron chi connectivity index (χ1n) is 11.5. The Morgan fingerprint density at radius 3 is 2.54 bits per heavy atom. The zero-order valence-corrected chi connectivity index (χ0v) is 20.7. The van der Waals surface area contributed by atoms with Crippen molar-refractivity contribution in [3.8, 4) is 11.5 Å². The quantitative estimate of drug-likeness (QED) is 0.425. The first-order valence-corrected chi connectivity index (χ1v) is 11.9. The Morgan fingerprint density at radius 1 is 1.03 bits per heavy atom. The van der Waals surface area contributed by atoms with Gasteiger partial charge in [0.1, 0.15) is 12.4 Å². The molecule has 1 aliphatic carbocycles.